The van der Waals surface area contributed by atoms with E-state index < -0.39 is 8.07 Å². The molecule has 0 N–H and O–H groups in total. The lowest BCUT2D eigenvalue weighted by atomic mass is 10.1. The van der Waals surface area contributed by atoms with Crippen molar-refractivity contribution in [2.24, 2.45) is 0 Å². The number of Topliss-reactive ketones (excluding diaryl/α,β-unsaturated/α-hetero) is 1. The normalized spacial score (nSPS) is 10.7. The lowest BCUT2D eigenvalue weighted by Crippen LogP contribution is -2.17. The highest BCUT2D eigenvalue weighted by molar-refractivity contribution is 6.84. The lowest BCUT2D eigenvalue weighted by Gasteiger charge is -2.02. The van der Waals surface area contributed by atoms with Crippen LogP contribution < -0.4 is 0 Å². The first-order chi connectivity index (χ1) is 6.95. The maximum Gasteiger partial charge on any atom is 0.204 e. The van der Waals surface area contributed by atoms with Crippen molar-refractivity contribution < 1.29 is 4.79 Å². The summed E-state index contributed by atoms with van der Waals surface area (Å²) in [6.45, 7) is 8.68. The van der Waals surface area contributed by atoms with E-state index in [0.717, 1.165) is 6.42 Å². The molecule has 0 aliphatic rings. The molecule has 0 aliphatic carbocycles. The van der Waals surface area contributed by atoms with Crippen LogP contribution in [0.1, 0.15) is 45.4 Å². The van der Waals surface area contributed by atoms with Crippen LogP contribution >= 0.6 is 0 Å². The topological polar surface area (TPSA) is 17.1 Å². The first kappa shape index (κ1) is 14.4. The van der Waals surface area contributed by atoms with Gasteiger partial charge in [0.1, 0.15) is 8.07 Å². The van der Waals surface area contributed by atoms with Crippen molar-refractivity contribution in [2.75, 3.05) is 0 Å². The maximum absolute atomic E-state index is 11.4. The van der Waals surface area contributed by atoms with E-state index in [0.29, 0.717) is 6.42 Å². The van der Waals surface area contributed by atoms with Gasteiger partial charge in [0.15, 0.2) is 0 Å². The summed E-state index contributed by atoms with van der Waals surface area (Å²) in [6.07, 6.45) is 6.64. The van der Waals surface area contributed by atoms with Gasteiger partial charge in [-0.3, -0.25) is 4.79 Å². The molecule has 0 aromatic rings. The Bertz CT molecular complexity index is 239. The van der Waals surface area contributed by atoms with E-state index in [9.17, 15) is 4.79 Å². The van der Waals surface area contributed by atoms with Gasteiger partial charge in [-0.15, -0.1) is 5.54 Å². The van der Waals surface area contributed by atoms with E-state index in [2.05, 4.69) is 38.0 Å². The predicted molar refractivity (Wildman–Crippen MR) is 69.5 cm³/mol. The molecule has 86 valence electrons. The Morgan fingerprint density at radius 1 is 1.07 bits per heavy atom. The van der Waals surface area contributed by atoms with Crippen molar-refractivity contribution >= 4 is 13.9 Å². The smallest absolute Gasteiger partial charge is 0.204 e. The number of rotatable bonds is 6. The van der Waals surface area contributed by atoms with Gasteiger partial charge in [-0.05, 0) is 12.3 Å². The fraction of sp³-hybridized carbons (Fsp3) is 0.769. The van der Waals surface area contributed by atoms with Crippen LogP contribution in [0, 0.1) is 11.5 Å². The number of hydrogen-bond donors (Lipinski definition) is 0. The van der Waals surface area contributed by atoms with Crippen molar-refractivity contribution in [3.05, 3.63) is 0 Å². The fourth-order valence-electron chi connectivity index (χ4n) is 1.21. The van der Waals surface area contributed by atoms with E-state index >= 15 is 0 Å². The average molecular weight is 224 g/mol. The highest BCUT2D eigenvalue weighted by Gasteiger charge is 2.08. The van der Waals surface area contributed by atoms with Gasteiger partial charge in [-0.1, -0.05) is 52.2 Å². The van der Waals surface area contributed by atoms with Gasteiger partial charge in [-0.2, -0.15) is 0 Å². The number of ketones is 1. The zero-order chi connectivity index (χ0) is 11.7. The summed E-state index contributed by atoms with van der Waals surface area (Å²) in [7, 11) is -1.36. The summed E-state index contributed by atoms with van der Waals surface area (Å²) in [5.41, 5.74) is 3.11. The molecule has 0 saturated carbocycles. The minimum absolute atomic E-state index is 0.133. The van der Waals surface area contributed by atoms with E-state index in [1.54, 1.807) is 0 Å². The predicted octanol–water partition coefficient (Wildman–Crippen LogP) is 3.80. The van der Waals surface area contributed by atoms with E-state index in [1.807, 2.05) is 0 Å². The van der Waals surface area contributed by atoms with Gasteiger partial charge in [0.05, 0.1) is 0 Å². The second-order valence-electron chi connectivity index (χ2n) is 5.09. The SMILES string of the molecule is CCCCCCCC(=O)C#C[Si](C)(C)C. The van der Waals surface area contributed by atoms with Crippen LogP contribution in [-0.4, -0.2) is 13.9 Å². The molecule has 2 heteroatoms. The van der Waals surface area contributed by atoms with Crippen LogP contribution in [0.5, 0.6) is 0 Å². The van der Waals surface area contributed by atoms with Crippen LogP contribution in [0.4, 0.5) is 0 Å². The molecule has 15 heavy (non-hydrogen) atoms. The third kappa shape index (κ3) is 11.4. The molecule has 0 saturated heterocycles. The lowest BCUT2D eigenvalue weighted by molar-refractivity contribution is -0.113. The zero-order valence-corrected chi connectivity index (χ0v) is 11.7. The third-order valence-corrected chi connectivity index (χ3v) is 2.96. The quantitative estimate of drug-likeness (QED) is 0.381. The standard InChI is InChI=1S/C13H24OSi/c1-5-6-7-8-9-10-13(14)11-12-15(2,3)4/h5-10H2,1-4H3. The molecule has 0 bridgehead atoms. The third-order valence-electron chi connectivity index (χ3n) is 2.08. The minimum Gasteiger partial charge on any atom is -0.285 e. The van der Waals surface area contributed by atoms with Crippen LogP contribution in [0.15, 0.2) is 0 Å². The summed E-state index contributed by atoms with van der Waals surface area (Å²) in [5, 5.41) is 0. The van der Waals surface area contributed by atoms with Crippen LogP contribution in [-0.2, 0) is 4.79 Å². The first-order valence-corrected chi connectivity index (χ1v) is 9.51. The van der Waals surface area contributed by atoms with Gasteiger partial charge in [0.2, 0.25) is 5.78 Å². The Morgan fingerprint density at radius 2 is 1.67 bits per heavy atom. The first-order valence-electron chi connectivity index (χ1n) is 6.01. The molecule has 0 fully saturated rings. The number of carbonyl (C=O) groups is 1. The highest BCUT2D eigenvalue weighted by Crippen LogP contribution is 2.05. The average Bonchev–Trinajstić information content (AvgIpc) is 2.13. The van der Waals surface area contributed by atoms with Crippen molar-refractivity contribution in [1.82, 2.24) is 0 Å². The number of unbranched alkanes of at least 4 members (excludes halogenated alkanes) is 4. The van der Waals surface area contributed by atoms with Gasteiger partial charge < -0.3 is 0 Å². The summed E-state index contributed by atoms with van der Waals surface area (Å²) < 4.78 is 0. The van der Waals surface area contributed by atoms with Crippen LogP contribution in [0.2, 0.25) is 19.6 Å². The molecule has 0 heterocycles. The van der Waals surface area contributed by atoms with Crippen molar-refractivity contribution in [2.45, 2.75) is 65.1 Å². The largest absolute Gasteiger partial charge is 0.285 e. The molecular weight excluding hydrogens is 200 g/mol. The van der Waals surface area contributed by atoms with Crippen molar-refractivity contribution in [1.29, 1.82) is 0 Å². The molecule has 0 rings (SSSR count). The molecule has 0 amide bonds. The van der Waals surface area contributed by atoms with Gasteiger partial charge in [0, 0.05) is 6.42 Å². The number of hydrogen-bond acceptors (Lipinski definition) is 1. The maximum atomic E-state index is 11.4. The van der Waals surface area contributed by atoms with Gasteiger partial charge in [0.25, 0.3) is 0 Å². The van der Waals surface area contributed by atoms with Crippen LogP contribution in [0.25, 0.3) is 0 Å². The molecule has 0 unspecified atom stereocenters. The second-order valence-corrected chi connectivity index (χ2v) is 9.84. The number of carbonyl (C=O) groups excluding carboxylic acids is 1. The Hall–Kier alpha value is -0.553. The van der Waals surface area contributed by atoms with Gasteiger partial charge >= 0.3 is 0 Å². The van der Waals surface area contributed by atoms with E-state index in [-0.39, 0.29) is 5.78 Å². The summed E-state index contributed by atoms with van der Waals surface area (Å²) in [5.74, 6) is 2.92. The monoisotopic (exact) mass is 224 g/mol. The van der Waals surface area contributed by atoms with E-state index in [1.165, 1.54) is 25.7 Å². The summed E-state index contributed by atoms with van der Waals surface area (Å²) in [6, 6.07) is 0. The second kappa shape index (κ2) is 7.70. The molecule has 0 aromatic heterocycles. The van der Waals surface area contributed by atoms with Crippen LogP contribution in [0.3, 0.4) is 0 Å². The van der Waals surface area contributed by atoms with E-state index in [4.69, 9.17) is 0 Å². The van der Waals surface area contributed by atoms with Crippen molar-refractivity contribution in [3.63, 3.8) is 0 Å². The highest BCUT2D eigenvalue weighted by atomic mass is 28.3. The fourth-order valence-corrected chi connectivity index (χ4v) is 1.72. The van der Waals surface area contributed by atoms with Crippen molar-refractivity contribution in [3.8, 4) is 11.5 Å². The molecule has 0 radical (unpaired) electrons. The Morgan fingerprint density at radius 3 is 2.20 bits per heavy atom. The summed E-state index contributed by atoms with van der Waals surface area (Å²) in [4.78, 5) is 11.4. The Balaban J connectivity index is 3.61. The van der Waals surface area contributed by atoms with Gasteiger partial charge in [-0.25, -0.2) is 0 Å². The zero-order valence-electron chi connectivity index (χ0n) is 10.7. The molecular formula is C13H24OSi. The molecule has 0 atom stereocenters. The molecule has 0 spiro atoms. The Kier molecular flexibility index (Phi) is 7.42. The molecule has 0 aliphatic heterocycles. The molecule has 1 nitrogen and oxygen atoms in total. The Labute approximate surface area is 95.7 Å². The minimum atomic E-state index is -1.36. The summed E-state index contributed by atoms with van der Waals surface area (Å²) >= 11 is 0. The molecule has 0 aromatic carbocycles.